The summed E-state index contributed by atoms with van der Waals surface area (Å²) >= 11 is 0. The highest BCUT2D eigenvalue weighted by Gasteiger charge is 2.54. The average Bonchev–Trinajstić information content (AvgIpc) is 3.52. The number of furan rings is 1. The van der Waals surface area contributed by atoms with E-state index in [2.05, 4.69) is 10.3 Å². The van der Waals surface area contributed by atoms with Gasteiger partial charge in [-0.05, 0) is 31.0 Å². The number of nitrogens with one attached hydrogen (secondary N) is 1. The van der Waals surface area contributed by atoms with Gasteiger partial charge in [0.1, 0.15) is 18.3 Å². The maximum atomic E-state index is 13.3. The second-order valence-electron chi connectivity index (χ2n) is 7.84. The van der Waals surface area contributed by atoms with Gasteiger partial charge in [-0.2, -0.15) is 4.31 Å². The van der Waals surface area contributed by atoms with Gasteiger partial charge in [-0.15, -0.1) is 0 Å². The van der Waals surface area contributed by atoms with Gasteiger partial charge in [0.25, 0.3) is 15.9 Å². The third-order valence-electron chi connectivity index (χ3n) is 5.84. The Kier molecular flexibility index (Phi) is 6.11. The number of sulfonamides is 1. The summed E-state index contributed by atoms with van der Waals surface area (Å²) in [5.74, 6) is -1.17. The number of carbonyl (C=O) groups excluding carboxylic acids is 3. The minimum atomic E-state index is -3.97. The molecule has 0 spiro atoms. The summed E-state index contributed by atoms with van der Waals surface area (Å²) in [6, 6.07) is 3.71. The molecule has 2 aliphatic rings. The van der Waals surface area contributed by atoms with E-state index in [-0.39, 0.29) is 29.8 Å². The number of amides is 2. The number of hydrogen-bond donors (Lipinski definition) is 1. The van der Waals surface area contributed by atoms with E-state index in [4.69, 9.17) is 4.42 Å². The Morgan fingerprint density at radius 2 is 2.12 bits per heavy atom. The van der Waals surface area contributed by atoms with Gasteiger partial charge in [-0.1, -0.05) is 19.4 Å². The van der Waals surface area contributed by atoms with Crippen molar-refractivity contribution >= 4 is 27.6 Å². The van der Waals surface area contributed by atoms with Crippen LogP contribution in [0.15, 0.2) is 52.4 Å². The minimum absolute atomic E-state index is 0.130. The molecule has 2 fully saturated rings. The summed E-state index contributed by atoms with van der Waals surface area (Å²) in [7, 11) is -3.97. The van der Waals surface area contributed by atoms with E-state index >= 15 is 0 Å². The predicted molar refractivity (Wildman–Crippen MR) is 112 cm³/mol. The molecule has 32 heavy (non-hydrogen) atoms. The molecule has 4 heterocycles. The second-order valence-corrected chi connectivity index (χ2v) is 9.68. The fourth-order valence-electron chi connectivity index (χ4n) is 4.34. The van der Waals surface area contributed by atoms with E-state index in [9.17, 15) is 22.8 Å². The molecular weight excluding hydrogens is 436 g/mol. The van der Waals surface area contributed by atoms with E-state index < -0.39 is 34.1 Å². The number of pyridine rings is 1. The third-order valence-corrected chi connectivity index (χ3v) is 7.62. The highest BCUT2D eigenvalue weighted by molar-refractivity contribution is 7.89. The highest BCUT2D eigenvalue weighted by atomic mass is 32.2. The van der Waals surface area contributed by atoms with Crippen molar-refractivity contribution in [3.05, 3.63) is 48.6 Å². The molecule has 0 bridgehead atoms. The van der Waals surface area contributed by atoms with E-state index in [0.717, 1.165) is 4.31 Å². The van der Waals surface area contributed by atoms with Crippen LogP contribution in [0.2, 0.25) is 0 Å². The van der Waals surface area contributed by atoms with E-state index in [1.54, 1.807) is 12.1 Å². The fourth-order valence-corrected chi connectivity index (χ4v) is 5.90. The maximum absolute atomic E-state index is 13.3. The SMILES string of the molecule is CCCC(NC(=O)c1ccoc1)C(=O)N1CCC2C1C(=O)CN2S(=O)(=O)c1ccccn1. The smallest absolute Gasteiger partial charge is 0.261 e. The Morgan fingerprint density at radius 1 is 1.31 bits per heavy atom. The van der Waals surface area contributed by atoms with Crippen molar-refractivity contribution < 1.29 is 27.2 Å². The molecule has 0 aliphatic carbocycles. The summed E-state index contributed by atoms with van der Waals surface area (Å²) in [4.78, 5) is 43.9. The van der Waals surface area contributed by atoms with E-state index in [0.29, 0.717) is 24.8 Å². The van der Waals surface area contributed by atoms with Crippen LogP contribution in [0.1, 0.15) is 36.5 Å². The standard InChI is InChI=1S/C21H24N4O6S/c1-2-5-15(23-20(27)14-8-11-31-13-14)21(28)24-10-7-16-19(24)17(26)12-25(16)32(29,30)18-6-3-4-9-22-18/h3-4,6,8-9,11,13,15-16,19H,2,5,7,10,12H2,1H3,(H,23,27). The number of rotatable bonds is 7. The lowest BCUT2D eigenvalue weighted by molar-refractivity contribution is -0.138. The molecule has 1 N–H and O–H groups in total. The quantitative estimate of drug-likeness (QED) is 0.647. The first-order valence-corrected chi connectivity index (χ1v) is 11.9. The van der Waals surface area contributed by atoms with Crippen molar-refractivity contribution in [2.24, 2.45) is 0 Å². The normalized spacial score (nSPS) is 22.0. The Labute approximate surface area is 185 Å². The van der Waals surface area contributed by atoms with Crippen LogP contribution in [-0.4, -0.2) is 71.4 Å². The monoisotopic (exact) mass is 460 g/mol. The molecule has 0 saturated carbocycles. The molecule has 10 nitrogen and oxygen atoms in total. The largest absolute Gasteiger partial charge is 0.472 e. The number of likely N-dealkylation sites (tertiary alicyclic amines) is 1. The predicted octanol–water partition coefficient (Wildman–Crippen LogP) is 0.816. The third kappa shape index (κ3) is 3.93. The molecule has 2 saturated heterocycles. The van der Waals surface area contributed by atoms with Crippen LogP contribution in [0.4, 0.5) is 0 Å². The number of nitrogens with zero attached hydrogens (tertiary/aromatic N) is 3. The Balaban J connectivity index is 1.53. The van der Waals surface area contributed by atoms with Crippen molar-refractivity contribution in [3.63, 3.8) is 0 Å². The van der Waals surface area contributed by atoms with Crippen LogP contribution in [0.25, 0.3) is 0 Å². The highest BCUT2D eigenvalue weighted by Crippen LogP contribution is 2.34. The zero-order valence-corrected chi connectivity index (χ0v) is 18.3. The van der Waals surface area contributed by atoms with Crippen LogP contribution in [-0.2, 0) is 19.6 Å². The first-order chi connectivity index (χ1) is 15.3. The lowest BCUT2D eigenvalue weighted by atomic mass is 10.1. The molecular formula is C21H24N4O6S. The Hall–Kier alpha value is -3.05. The van der Waals surface area contributed by atoms with Crippen LogP contribution in [0.5, 0.6) is 0 Å². The van der Waals surface area contributed by atoms with Gasteiger partial charge >= 0.3 is 0 Å². The van der Waals surface area contributed by atoms with Crippen LogP contribution >= 0.6 is 0 Å². The van der Waals surface area contributed by atoms with E-state index in [1.807, 2.05) is 6.92 Å². The van der Waals surface area contributed by atoms with Crippen LogP contribution in [0, 0.1) is 0 Å². The first-order valence-electron chi connectivity index (χ1n) is 10.4. The molecule has 2 aromatic rings. The van der Waals surface area contributed by atoms with Crippen molar-refractivity contribution in [2.75, 3.05) is 13.1 Å². The lowest BCUT2D eigenvalue weighted by Crippen LogP contribution is -2.52. The Morgan fingerprint density at radius 3 is 2.78 bits per heavy atom. The van der Waals surface area contributed by atoms with Crippen LogP contribution < -0.4 is 5.32 Å². The molecule has 3 atom stereocenters. The second kappa shape index (κ2) is 8.83. The number of fused-ring (bicyclic) bond motifs is 1. The summed E-state index contributed by atoms with van der Waals surface area (Å²) in [5.41, 5.74) is 0.294. The van der Waals surface area contributed by atoms with Gasteiger partial charge in [0, 0.05) is 12.7 Å². The fraction of sp³-hybridized carbons (Fsp3) is 0.429. The molecule has 170 valence electrons. The molecule has 11 heteroatoms. The number of ketones is 1. The van der Waals surface area contributed by atoms with Gasteiger partial charge < -0.3 is 14.6 Å². The van der Waals surface area contributed by atoms with Gasteiger partial charge in [0.2, 0.25) is 5.91 Å². The molecule has 0 aromatic carbocycles. The van der Waals surface area contributed by atoms with Gasteiger partial charge in [-0.3, -0.25) is 14.4 Å². The molecule has 4 rings (SSSR count). The molecule has 2 amide bonds. The topological polar surface area (TPSA) is 130 Å². The summed E-state index contributed by atoms with van der Waals surface area (Å²) in [6.07, 6.45) is 5.39. The summed E-state index contributed by atoms with van der Waals surface area (Å²) in [5, 5.41) is 2.59. The maximum Gasteiger partial charge on any atom is 0.261 e. The van der Waals surface area contributed by atoms with Crippen molar-refractivity contribution in [2.45, 2.75) is 49.3 Å². The number of hydrogen-bond acceptors (Lipinski definition) is 7. The minimum Gasteiger partial charge on any atom is -0.472 e. The summed E-state index contributed by atoms with van der Waals surface area (Å²) in [6.45, 7) is 1.81. The molecule has 3 unspecified atom stereocenters. The molecule has 0 radical (unpaired) electrons. The zero-order chi connectivity index (χ0) is 22.9. The van der Waals surface area contributed by atoms with E-state index in [1.165, 1.54) is 35.8 Å². The molecule has 2 aliphatic heterocycles. The zero-order valence-electron chi connectivity index (χ0n) is 17.5. The number of Topliss-reactive ketones (excluding diaryl/α,β-unsaturated/α-hetero) is 1. The Bertz CT molecular complexity index is 1100. The van der Waals surface area contributed by atoms with Crippen molar-refractivity contribution in [3.8, 4) is 0 Å². The van der Waals surface area contributed by atoms with Gasteiger partial charge in [0.15, 0.2) is 10.8 Å². The van der Waals surface area contributed by atoms with Crippen LogP contribution in [0.3, 0.4) is 0 Å². The lowest BCUT2D eigenvalue weighted by Gasteiger charge is -2.28. The average molecular weight is 461 g/mol. The molecule has 2 aromatic heterocycles. The van der Waals surface area contributed by atoms with Crippen molar-refractivity contribution in [1.29, 1.82) is 0 Å². The summed E-state index contributed by atoms with van der Waals surface area (Å²) < 4.78 is 32.2. The van der Waals surface area contributed by atoms with Crippen molar-refractivity contribution in [1.82, 2.24) is 19.5 Å². The van der Waals surface area contributed by atoms with Gasteiger partial charge in [0.05, 0.1) is 24.4 Å². The number of carbonyl (C=O) groups is 3. The number of aromatic nitrogens is 1. The first kappa shape index (κ1) is 22.2. The van der Waals surface area contributed by atoms with Gasteiger partial charge in [-0.25, -0.2) is 13.4 Å².